The van der Waals surface area contributed by atoms with Crippen molar-refractivity contribution in [1.82, 2.24) is 55.6 Å². The molecule has 1 aliphatic carbocycles. The highest BCUT2D eigenvalue weighted by atomic mass is 35.5. The number of likely N-dealkylation sites (tertiary alicyclic amines) is 2. The molecule has 6 atom stereocenters. The Bertz CT molecular complexity index is 5220. The number of nitrogens with zero attached hydrogens (tertiary/aromatic N) is 8. The number of thioether (sulfide) groups is 2. The smallest absolute Gasteiger partial charge is 0.410 e. The van der Waals surface area contributed by atoms with E-state index in [0.29, 0.717) is 88.8 Å². The predicted molar refractivity (Wildman–Crippen MR) is 488 cm³/mol. The lowest BCUT2D eigenvalue weighted by atomic mass is 9.79. The minimum atomic E-state index is -1.16. The second-order valence-electron chi connectivity index (χ2n) is 33.1. The van der Waals surface area contributed by atoms with Crippen molar-refractivity contribution in [3.8, 4) is 10.8 Å². The molecule has 39 heteroatoms. The largest absolute Gasteiger partial charge is 0.491 e. The number of amides is 15. The molecule has 12 rings (SSSR count). The number of nitrogens with one attached hydrogen (secondary N) is 7. The highest BCUT2D eigenvalue weighted by molar-refractivity contribution is 8.04. The number of urea groups is 1. The summed E-state index contributed by atoms with van der Waals surface area (Å²) < 4.78 is 25.7. The molecular weight excluding hydrogens is 1750 g/mol. The van der Waals surface area contributed by atoms with Crippen LogP contribution in [0.2, 0.25) is 5.02 Å². The fourth-order valence-electron chi connectivity index (χ4n) is 16.4. The SMILES string of the molecule is CCC(=O)C1CCC(CN2C(=O)CC(SCCSC3CC(=O)N(CCCCCC(=O)N[C@H](C(=O)N[C@@H](CCCNC(N)=O)C(=O)Nc4ccc(COC(=O)N(CCOCCNc5cccc6c5C(=O)N(C5CCC(=O)NC5=O)C6=O)CCOCCOc5ccc(NC(=O)C[C@@H]6N=C(c7ccc(Cl)cc7)c7c(sc(C)c7C)-n7c(C)nnc76)cc5)cc4)C(C)C)C3=O)C2=O)CC1. The lowest BCUT2D eigenvalue weighted by Crippen LogP contribution is -2.54. The number of benzene rings is 4. The number of Topliss-reactive ketones (excluding diaryl/α,β-unsaturated/α-hetero) is 1. The van der Waals surface area contributed by atoms with E-state index < -0.39 is 94.1 Å². The van der Waals surface area contributed by atoms with Crippen LogP contribution < -0.4 is 47.7 Å². The number of aliphatic imine (C=N–C) groups is 1. The number of aryl methyl sites for hydroxylation is 2. The molecule has 4 fully saturated rings. The van der Waals surface area contributed by atoms with Crippen molar-refractivity contribution < 1.29 is 90.9 Å². The first-order valence-corrected chi connectivity index (χ1v) is 47.3. The summed E-state index contributed by atoms with van der Waals surface area (Å²) in [4.78, 5) is 209. The molecule has 694 valence electrons. The summed E-state index contributed by atoms with van der Waals surface area (Å²) in [6, 6.07) is 20.6. The third kappa shape index (κ3) is 25.4. The first-order chi connectivity index (χ1) is 62.5. The molecule has 4 aromatic carbocycles. The van der Waals surface area contributed by atoms with Crippen LogP contribution in [0.4, 0.5) is 26.7 Å². The Morgan fingerprint density at radius 1 is 0.700 bits per heavy atom. The van der Waals surface area contributed by atoms with Crippen LogP contribution in [0.25, 0.3) is 5.00 Å². The molecule has 5 aliphatic heterocycles. The average molecular weight is 1860 g/mol. The van der Waals surface area contributed by atoms with Crippen molar-refractivity contribution in [1.29, 1.82) is 0 Å². The summed E-state index contributed by atoms with van der Waals surface area (Å²) >= 11 is 10.7. The van der Waals surface area contributed by atoms with Gasteiger partial charge in [-0.15, -0.1) is 45.1 Å². The number of fused-ring (bicyclic) bond motifs is 4. The van der Waals surface area contributed by atoms with Crippen molar-refractivity contribution in [3.05, 3.63) is 146 Å². The highest BCUT2D eigenvalue weighted by Crippen LogP contribution is 2.41. The molecule has 3 unspecified atom stereocenters. The standard InChI is InChI=1S/C91H111ClN16O19S3/c1-7-69(109)58-21-17-56(18-22-58)50-106-76(114)49-71(87(106)120)129-46-45-128-70-48-75(113)105(86(70)119)37-10-8-9-16-72(110)100-79(52(2)3)84(117)99-66(15-12-35-95-90(93)122)82(115)97-62-27-19-57(20-28-62)51-127-91(123)104(38-41-124-40-36-94-65-14-11-13-64-78(65)88(121)108(85(64)118)68-33-34-73(111)101-83(68)116)39-42-125-43-44-126-63-31-29-61(30-32-63)96-74(112)47-67-81-103-102-55(6)107(81)89-77(53(4)54(5)130-89)80(98-67)59-23-25-60(92)26-24-59/h11,13-14,19-20,23-32,52,56,58,66-68,70-71,79,94H,7-10,12,15-18,21-22,33-51H2,1-6H3,(H,96,112)(H,97,115)(H,99,117)(H,100,110)(H3,93,95,122)(H,101,111,116)/t56?,58?,66-,67-,68?,70?,71?,79-/m0/s1. The van der Waals surface area contributed by atoms with Gasteiger partial charge in [-0.3, -0.25) is 91.9 Å². The molecule has 15 amide bonds. The first-order valence-electron chi connectivity index (χ1n) is 44.0. The number of anilines is 3. The molecule has 6 aromatic rings. The summed E-state index contributed by atoms with van der Waals surface area (Å²) in [7, 11) is 0. The van der Waals surface area contributed by atoms with Gasteiger partial charge >= 0.3 is 12.1 Å². The number of carbonyl (C=O) groups is 15. The zero-order valence-corrected chi connectivity index (χ0v) is 76.8. The van der Waals surface area contributed by atoms with Crippen molar-refractivity contribution in [2.24, 2.45) is 28.5 Å². The van der Waals surface area contributed by atoms with Crippen LogP contribution in [0, 0.1) is 38.5 Å². The number of halogens is 1. The number of nitrogens with two attached hydrogens (primary N) is 1. The van der Waals surface area contributed by atoms with Crippen LogP contribution in [0.1, 0.15) is 189 Å². The van der Waals surface area contributed by atoms with Crippen molar-refractivity contribution >= 4 is 158 Å². The second-order valence-corrected chi connectivity index (χ2v) is 37.3. The Labute approximate surface area is 770 Å². The number of imide groups is 4. The van der Waals surface area contributed by atoms with Gasteiger partial charge < -0.3 is 61.5 Å². The third-order valence-electron chi connectivity index (χ3n) is 23.6. The van der Waals surface area contributed by atoms with Crippen LogP contribution in [-0.2, 0) is 73.6 Å². The van der Waals surface area contributed by atoms with E-state index >= 15 is 0 Å². The predicted octanol–water partition coefficient (Wildman–Crippen LogP) is 9.47. The van der Waals surface area contributed by atoms with Crippen LogP contribution in [-0.4, -0.2) is 241 Å². The second kappa shape index (κ2) is 46.4. The van der Waals surface area contributed by atoms with Gasteiger partial charge in [0.2, 0.25) is 59.1 Å². The molecule has 0 radical (unpaired) electrons. The Kier molecular flexibility index (Phi) is 34.8. The fourth-order valence-corrected chi connectivity index (χ4v) is 20.2. The third-order valence-corrected chi connectivity index (χ3v) is 27.7. The lowest BCUT2D eigenvalue weighted by Gasteiger charge is -2.30. The number of aromatic nitrogens is 3. The van der Waals surface area contributed by atoms with Crippen LogP contribution in [0.3, 0.4) is 0 Å². The van der Waals surface area contributed by atoms with E-state index in [1.807, 2.05) is 42.7 Å². The van der Waals surface area contributed by atoms with Gasteiger partial charge in [-0.05, 0) is 162 Å². The Balaban J connectivity index is 0.590. The van der Waals surface area contributed by atoms with Gasteiger partial charge in [0.15, 0.2) is 5.82 Å². The van der Waals surface area contributed by atoms with Crippen molar-refractivity contribution in [2.45, 2.75) is 186 Å². The summed E-state index contributed by atoms with van der Waals surface area (Å²) in [6.45, 7) is 12.4. The molecule has 6 aliphatic rings. The maximum Gasteiger partial charge on any atom is 0.410 e. The van der Waals surface area contributed by atoms with E-state index in [1.54, 1.807) is 85.8 Å². The topological polar surface area (TPSA) is 459 Å². The minimum absolute atomic E-state index is 0.00129. The fraction of sp³-hybridized carbons (Fsp3) is 0.495. The monoisotopic (exact) mass is 1860 g/mol. The molecular formula is C91H111ClN16O19S3. The summed E-state index contributed by atoms with van der Waals surface area (Å²) in [5.74, 6) is -2.67. The van der Waals surface area contributed by atoms with E-state index in [1.165, 1.54) is 44.3 Å². The number of ketones is 1. The van der Waals surface area contributed by atoms with E-state index in [-0.39, 0.29) is 182 Å². The zero-order valence-electron chi connectivity index (χ0n) is 73.6. The van der Waals surface area contributed by atoms with Gasteiger partial charge in [0, 0.05) is 127 Å². The Morgan fingerprint density at radius 3 is 2.06 bits per heavy atom. The number of piperidine rings is 1. The van der Waals surface area contributed by atoms with E-state index in [4.69, 9.17) is 41.3 Å². The van der Waals surface area contributed by atoms with Gasteiger partial charge in [0.05, 0.1) is 60.2 Å². The van der Waals surface area contributed by atoms with Gasteiger partial charge in [0.1, 0.15) is 59.7 Å². The molecule has 0 bridgehead atoms. The normalized spacial score (nSPS) is 18.8. The number of rotatable bonds is 46. The van der Waals surface area contributed by atoms with Gasteiger partial charge in [0.25, 0.3) is 11.8 Å². The van der Waals surface area contributed by atoms with Gasteiger partial charge in [-0.2, -0.15) is 0 Å². The molecule has 7 heterocycles. The van der Waals surface area contributed by atoms with E-state index in [0.717, 1.165) is 62.9 Å². The number of hydrogen-bond donors (Lipinski definition) is 8. The minimum Gasteiger partial charge on any atom is -0.491 e. The van der Waals surface area contributed by atoms with Crippen LogP contribution >= 0.6 is 46.5 Å². The number of unbranched alkanes of at least 4 members (excludes halogenated alkanes) is 2. The number of primary amides is 1. The Hall–Kier alpha value is -11.5. The molecule has 130 heavy (non-hydrogen) atoms. The van der Waals surface area contributed by atoms with E-state index in [2.05, 4.69) is 61.3 Å². The maximum atomic E-state index is 14.1. The maximum absolute atomic E-state index is 14.1. The van der Waals surface area contributed by atoms with E-state index in [9.17, 15) is 71.9 Å². The highest BCUT2D eigenvalue weighted by Gasteiger charge is 2.47. The van der Waals surface area contributed by atoms with Crippen molar-refractivity contribution in [2.75, 3.05) is 99.8 Å². The molecule has 2 aromatic heterocycles. The quantitative estimate of drug-likeness (QED) is 0.0130. The summed E-state index contributed by atoms with van der Waals surface area (Å²) in [5.41, 5.74) is 10.8. The molecule has 1 saturated carbocycles. The first kappa shape index (κ1) is 97.6. The number of ether oxygens (including phenoxy) is 4. The molecule has 0 spiro atoms. The van der Waals surface area contributed by atoms with Crippen LogP contribution in [0.15, 0.2) is 96.0 Å². The van der Waals surface area contributed by atoms with Gasteiger partial charge in [-0.1, -0.05) is 69.1 Å². The Morgan fingerprint density at radius 2 is 1.38 bits per heavy atom. The number of carbonyl (C=O) groups excluding carboxylic acids is 15. The number of thiophene rings is 1. The van der Waals surface area contributed by atoms with Gasteiger partial charge in [-0.25, -0.2) is 9.59 Å². The lowest BCUT2D eigenvalue weighted by molar-refractivity contribution is -0.140. The number of hydrogen-bond acceptors (Lipinski definition) is 26. The molecule has 3 saturated heterocycles. The zero-order chi connectivity index (χ0) is 92.8. The summed E-state index contributed by atoms with van der Waals surface area (Å²) in [6.07, 6.45) is 4.69. The average Bonchev–Trinajstić information content (AvgIpc) is 1.59. The molecule has 35 nitrogen and oxygen atoms in total. The van der Waals surface area contributed by atoms with Crippen LogP contribution in [0.5, 0.6) is 5.75 Å². The van der Waals surface area contributed by atoms with Crippen molar-refractivity contribution in [3.63, 3.8) is 0 Å². The summed E-state index contributed by atoms with van der Waals surface area (Å²) in [5, 5.41) is 28.6. The molecule has 9 N–H and O–H groups in total.